The van der Waals surface area contributed by atoms with Crippen LogP contribution in [0.3, 0.4) is 0 Å². The van der Waals surface area contributed by atoms with Crippen molar-refractivity contribution in [1.29, 1.82) is 0 Å². The van der Waals surface area contributed by atoms with Crippen LogP contribution in [0.15, 0.2) is 58.9 Å². The van der Waals surface area contributed by atoms with Crippen molar-refractivity contribution < 1.29 is 53.9 Å². The van der Waals surface area contributed by atoms with Crippen LogP contribution < -0.4 is 19.3 Å². The van der Waals surface area contributed by atoms with Crippen LogP contribution in [0.2, 0.25) is 0 Å². The molecule has 2 aliphatic heterocycles. The summed E-state index contributed by atoms with van der Waals surface area (Å²) < 4.78 is 117. The third kappa shape index (κ3) is 6.57. The molecule has 3 aromatic rings. The average molecular weight is 650 g/mol. The molecule has 17 heteroatoms. The Kier molecular flexibility index (Phi) is 8.32. The number of hydrogen-bond donors (Lipinski definition) is 1. The Morgan fingerprint density at radius 3 is 2.56 bits per heavy atom. The Balaban J connectivity index is 1.47. The monoisotopic (exact) mass is 649 g/mol. The number of thiazole rings is 1. The zero-order chi connectivity index (χ0) is 31.0. The van der Waals surface area contributed by atoms with Crippen molar-refractivity contribution in [3.05, 3.63) is 70.7 Å². The Morgan fingerprint density at radius 1 is 1.12 bits per heavy atom. The highest BCUT2D eigenvalue weighted by Gasteiger charge is 2.45. The van der Waals surface area contributed by atoms with E-state index in [1.165, 1.54) is 17.5 Å². The van der Waals surface area contributed by atoms with E-state index < -0.39 is 50.0 Å². The van der Waals surface area contributed by atoms with E-state index in [1.54, 1.807) is 6.08 Å². The van der Waals surface area contributed by atoms with E-state index in [2.05, 4.69) is 15.1 Å². The molecule has 0 saturated heterocycles. The number of carbonyl (C=O) groups excluding carboxylic acids is 1. The molecule has 0 fully saturated rings. The summed E-state index contributed by atoms with van der Waals surface area (Å²) in [4.78, 5) is 18.8. The number of sulfonamides is 1. The number of carbonyl (C=O) groups is 1. The van der Waals surface area contributed by atoms with Crippen LogP contribution in [0.1, 0.15) is 35.6 Å². The Bertz CT molecular complexity index is 1640. The van der Waals surface area contributed by atoms with Gasteiger partial charge in [0.25, 0.3) is 10.0 Å². The molecule has 3 heterocycles. The molecule has 2 aliphatic rings. The lowest BCUT2D eigenvalue weighted by Crippen LogP contribution is -2.38. The highest BCUT2D eigenvalue weighted by Crippen LogP contribution is 2.42. The number of rotatable bonds is 7. The molecule has 0 aliphatic carbocycles. The number of anilines is 1. The number of aromatic nitrogens is 1. The van der Waals surface area contributed by atoms with Gasteiger partial charge in [0.2, 0.25) is 5.13 Å². The number of alkyl halides is 6. The molecular formula is C26H21F6N3O6S2. The van der Waals surface area contributed by atoms with Crippen molar-refractivity contribution >= 4 is 38.0 Å². The lowest BCUT2D eigenvalue weighted by molar-refractivity contribution is -0.199. The molecule has 5 rings (SSSR count). The number of hydrogen-bond acceptors (Lipinski definition) is 9. The fraction of sp³-hybridized carbons (Fsp3) is 0.308. The minimum Gasteiger partial charge on any atom is -0.493 e. The van der Waals surface area contributed by atoms with Gasteiger partial charge in [-0.3, -0.25) is 0 Å². The second-order valence-corrected chi connectivity index (χ2v) is 11.9. The molecular weight excluding hydrogens is 628 g/mol. The number of nitrogens with zero attached hydrogens (tertiary/aromatic N) is 2. The van der Waals surface area contributed by atoms with Gasteiger partial charge in [0, 0.05) is 41.7 Å². The van der Waals surface area contributed by atoms with Crippen LogP contribution in [-0.2, 0) is 25.8 Å². The molecule has 0 radical (unpaired) electrons. The van der Waals surface area contributed by atoms with Crippen molar-refractivity contribution in [3.63, 3.8) is 0 Å². The Morgan fingerprint density at radius 2 is 1.91 bits per heavy atom. The predicted molar refractivity (Wildman–Crippen MR) is 141 cm³/mol. The molecule has 1 N–H and O–H groups in total. The van der Waals surface area contributed by atoms with Gasteiger partial charge in [-0.05, 0) is 42.8 Å². The van der Waals surface area contributed by atoms with E-state index in [1.807, 2.05) is 0 Å². The van der Waals surface area contributed by atoms with E-state index in [0.29, 0.717) is 42.0 Å². The third-order valence-corrected chi connectivity index (χ3v) is 8.83. The van der Waals surface area contributed by atoms with Gasteiger partial charge in [0.1, 0.15) is 17.6 Å². The fourth-order valence-corrected chi connectivity index (χ4v) is 6.44. The maximum atomic E-state index is 13.5. The van der Waals surface area contributed by atoms with Crippen molar-refractivity contribution in [2.75, 3.05) is 24.2 Å². The number of fused-ring (bicyclic) bond motifs is 1. The van der Waals surface area contributed by atoms with E-state index >= 15 is 0 Å². The fourth-order valence-electron chi connectivity index (χ4n) is 4.42. The molecule has 230 valence electrons. The van der Waals surface area contributed by atoms with Gasteiger partial charge in [-0.15, -0.1) is 11.3 Å². The first-order valence-electron chi connectivity index (χ1n) is 12.5. The molecule has 2 aromatic carbocycles. The predicted octanol–water partition coefficient (Wildman–Crippen LogP) is 5.66. The summed E-state index contributed by atoms with van der Waals surface area (Å²) in [7, 11) is -4.93. The minimum atomic E-state index is -5.49. The highest BCUT2D eigenvalue weighted by molar-refractivity contribution is 7.92. The first kappa shape index (κ1) is 30.6. The minimum absolute atomic E-state index is 0.00750. The largest absolute Gasteiger partial charge is 0.493 e. The first-order valence-corrected chi connectivity index (χ1v) is 14.9. The molecule has 1 unspecified atom stereocenters. The van der Waals surface area contributed by atoms with Crippen LogP contribution >= 0.6 is 11.3 Å². The second kappa shape index (κ2) is 11.7. The maximum absolute atomic E-state index is 13.5. The average Bonchev–Trinajstić information content (AvgIpc) is 3.49. The SMILES string of the molecule is O=C(ON(c1nccs1)S(=O)(=O)c1ccc2c(c1)OCCC2Oc1ccc(C(F)(F)F)cc1C1=CCNCC1)C(F)(F)F. The number of benzene rings is 2. The zero-order valence-electron chi connectivity index (χ0n) is 21.7. The molecule has 9 nitrogen and oxygen atoms in total. The van der Waals surface area contributed by atoms with E-state index in [0.717, 1.165) is 30.5 Å². The van der Waals surface area contributed by atoms with Crippen LogP contribution in [0.5, 0.6) is 11.5 Å². The summed E-state index contributed by atoms with van der Waals surface area (Å²) in [5.41, 5.74) is 0.453. The smallest absolute Gasteiger partial charge is 0.493 e. The second-order valence-electron chi connectivity index (χ2n) is 9.26. The van der Waals surface area contributed by atoms with Crippen LogP contribution in [0.25, 0.3) is 5.57 Å². The lowest BCUT2D eigenvalue weighted by atomic mass is 9.96. The zero-order valence-corrected chi connectivity index (χ0v) is 23.4. The summed E-state index contributed by atoms with van der Waals surface area (Å²) in [6.07, 6.45) is -7.22. The summed E-state index contributed by atoms with van der Waals surface area (Å²) in [6, 6.07) is 6.57. The normalized spacial score (nSPS) is 17.3. The Labute approximate surface area is 244 Å². The van der Waals surface area contributed by atoms with Crippen LogP contribution in [-0.4, -0.2) is 45.2 Å². The molecule has 43 heavy (non-hydrogen) atoms. The van der Waals surface area contributed by atoms with Gasteiger partial charge < -0.3 is 19.6 Å². The van der Waals surface area contributed by atoms with Crippen molar-refractivity contribution in [1.82, 2.24) is 10.3 Å². The highest BCUT2D eigenvalue weighted by atomic mass is 32.2. The van der Waals surface area contributed by atoms with Gasteiger partial charge in [-0.1, -0.05) is 16.6 Å². The standard InChI is InChI=1S/C26H21F6N3O6S2/c27-25(28,29)16-1-4-20(19(13-16)15-5-8-33-9-6-15)40-21-7-11-39-22-14-17(2-3-18(21)22)43(37,38)35(24-34-10-12-42-24)41-23(36)26(30,31)32/h1-5,10,12-14,21,33H,6-9,11H2. The number of halogens is 6. The quantitative estimate of drug-likeness (QED) is 0.258. The van der Waals surface area contributed by atoms with Gasteiger partial charge in [-0.25, -0.2) is 9.78 Å². The van der Waals surface area contributed by atoms with Crippen molar-refractivity contribution in [2.24, 2.45) is 0 Å². The van der Waals surface area contributed by atoms with Gasteiger partial charge in [0.05, 0.1) is 17.1 Å². The van der Waals surface area contributed by atoms with E-state index in [4.69, 9.17) is 9.47 Å². The van der Waals surface area contributed by atoms with Crippen LogP contribution in [0.4, 0.5) is 31.5 Å². The van der Waals surface area contributed by atoms with Crippen LogP contribution in [0, 0.1) is 0 Å². The third-order valence-electron chi connectivity index (χ3n) is 6.44. The van der Waals surface area contributed by atoms with Gasteiger partial charge in [-0.2, -0.15) is 34.8 Å². The molecule has 0 saturated carbocycles. The van der Waals surface area contributed by atoms with Gasteiger partial charge >= 0.3 is 18.3 Å². The first-order chi connectivity index (χ1) is 20.2. The molecule has 0 bridgehead atoms. The lowest BCUT2D eigenvalue weighted by Gasteiger charge is -2.29. The Hall–Kier alpha value is -3.83. The molecule has 1 atom stereocenters. The summed E-state index contributed by atoms with van der Waals surface area (Å²) in [6.45, 7) is 1.07. The number of ether oxygens (including phenoxy) is 2. The summed E-state index contributed by atoms with van der Waals surface area (Å²) in [5, 5.41) is 3.81. The van der Waals surface area contributed by atoms with Crippen molar-refractivity contribution in [2.45, 2.75) is 36.2 Å². The van der Waals surface area contributed by atoms with Gasteiger partial charge in [0.15, 0.2) is 0 Å². The molecule has 0 spiro atoms. The molecule has 0 amide bonds. The van der Waals surface area contributed by atoms with Crippen molar-refractivity contribution in [3.8, 4) is 11.5 Å². The number of nitrogens with one attached hydrogen (secondary N) is 1. The summed E-state index contributed by atoms with van der Waals surface area (Å²) in [5.74, 6) is -2.58. The topological polar surface area (TPSA) is 107 Å². The molecule has 1 aromatic heterocycles. The van der Waals surface area contributed by atoms with E-state index in [-0.39, 0.29) is 34.6 Å². The van der Waals surface area contributed by atoms with E-state index in [9.17, 15) is 39.6 Å². The maximum Gasteiger partial charge on any atom is 0.493 e. The summed E-state index contributed by atoms with van der Waals surface area (Å²) >= 11 is 0.612.